The van der Waals surface area contributed by atoms with E-state index in [9.17, 15) is 5.11 Å². The molecular weight excluding hydrogens is 228 g/mol. The van der Waals surface area contributed by atoms with E-state index in [-0.39, 0.29) is 5.75 Å². The molecule has 2 rings (SSSR count). The van der Waals surface area contributed by atoms with Crippen LogP contribution in [0, 0.1) is 0 Å². The number of rotatable bonds is 4. The zero-order valence-electron chi connectivity index (χ0n) is 8.48. The first-order valence-electron chi connectivity index (χ1n) is 4.84. The minimum absolute atomic E-state index is 0.192. The summed E-state index contributed by atoms with van der Waals surface area (Å²) in [6, 6.07) is 6.83. The molecule has 0 aliphatic carbocycles. The molecule has 2 N–H and O–H groups in total. The van der Waals surface area contributed by atoms with Crippen molar-refractivity contribution in [3.63, 3.8) is 0 Å². The van der Waals surface area contributed by atoms with Crippen molar-refractivity contribution in [3.8, 4) is 5.75 Å². The molecule has 2 aromatic rings. The molecule has 0 atom stereocenters. The van der Waals surface area contributed by atoms with Crippen LogP contribution in [0.4, 0.5) is 0 Å². The number of phenols is 1. The van der Waals surface area contributed by atoms with Gasteiger partial charge in [0.1, 0.15) is 11.5 Å². The van der Waals surface area contributed by atoms with E-state index in [1.54, 1.807) is 30.5 Å². The van der Waals surface area contributed by atoms with Crippen LogP contribution in [0.1, 0.15) is 11.3 Å². The number of aromatic nitrogens is 1. The normalized spacial score (nSPS) is 10.6. The predicted molar refractivity (Wildman–Crippen MR) is 60.2 cm³/mol. The van der Waals surface area contributed by atoms with E-state index >= 15 is 0 Å². The number of nitrogens with one attached hydrogen (secondary N) is 1. The molecular formula is C11H11ClN2O2. The van der Waals surface area contributed by atoms with Crippen molar-refractivity contribution >= 4 is 11.6 Å². The molecule has 0 unspecified atom stereocenters. The Morgan fingerprint density at radius 2 is 2.19 bits per heavy atom. The maximum atomic E-state index is 9.59. The average Bonchev–Trinajstić information content (AvgIpc) is 2.75. The summed E-state index contributed by atoms with van der Waals surface area (Å²) < 4.78 is 4.92. The van der Waals surface area contributed by atoms with Gasteiger partial charge in [-0.1, -0.05) is 22.8 Å². The first kappa shape index (κ1) is 11.0. The van der Waals surface area contributed by atoms with Crippen LogP contribution in [-0.4, -0.2) is 10.3 Å². The molecule has 5 heteroatoms. The van der Waals surface area contributed by atoms with Crippen LogP contribution in [0.5, 0.6) is 5.75 Å². The molecule has 0 saturated heterocycles. The van der Waals surface area contributed by atoms with Crippen LogP contribution >= 0.6 is 11.6 Å². The van der Waals surface area contributed by atoms with E-state index in [1.807, 2.05) is 0 Å². The van der Waals surface area contributed by atoms with Gasteiger partial charge < -0.3 is 14.9 Å². The molecule has 1 heterocycles. The van der Waals surface area contributed by atoms with Gasteiger partial charge in [-0.2, -0.15) is 0 Å². The first-order valence-corrected chi connectivity index (χ1v) is 5.22. The summed E-state index contributed by atoms with van der Waals surface area (Å²) >= 11 is 5.95. The Balaban J connectivity index is 1.95. The van der Waals surface area contributed by atoms with Gasteiger partial charge in [0.05, 0.1) is 12.7 Å². The van der Waals surface area contributed by atoms with Crippen molar-refractivity contribution in [2.45, 2.75) is 13.1 Å². The third-order valence-corrected chi connectivity index (χ3v) is 2.54. The van der Waals surface area contributed by atoms with E-state index in [0.29, 0.717) is 23.7 Å². The minimum Gasteiger partial charge on any atom is -0.508 e. The number of hydrogen-bond donors (Lipinski definition) is 2. The number of phenolic OH excluding ortho intramolecular Hbond substituents is 1. The smallest absolute Gasteiger partial charge is 0.150 e. The summed E-state index contributed by atoms with van der Waals surface area (Å²) in [5.74, 6) is 0.934. The molecule has 0 radical (unpaired) electrons. The van der Waals surface area contributed by atoms with Gasteiger partial charge in [0.15, 0.2) is 0 Å². The summed E-state index contributed by atoms with van der Waals surface area (Å²) in [4.78, 5) is 0. The third kappa shape index (κ3) is 2.53. The lowest BCUT2D eigenvalue weighted by atomic mass is 10.2. The zero-order chi connectivity index (χ0) is 11.4. The Bertz CT molecular complexity index is 437. The highest BCUT2D eigenvalue weighted by Crippen LogP contribution is 2.24. The van der Waals surface area contributed by atoms with Crippen LogP contribution in [0.2, 0.25) is 5.02 Å². The average molecular weight is 239 g/mol. The lowest BCUT2D eigenvalue weighted by Gasteiger charge is -2.07. The standard InChI is InChI=1S/C11H11ClN2O2/c12-10-2-1-3-11(15)9(10)7-13-6-8-4-5-14-16-8/h1-5,13,15H,6-7H2. The van der Waals surface area contributed by atoms with Crippen LogP contribution in [0.3, 0.4) is 0 Å². The summed E-state index contributed by atoms with van der Waals surface area (Å²) in [5, 5.41) is 16.8. The van der Waals surface area contributed by atoms with E-state index in [2.05, 4.69) is 10.5 Å². The fourth-order valence-corrected chi connectivity index (χ4v) is 1.60. The van der Waals surface area contributed by atoms with Crippen LogP contribution in [-0.2, 0) is 13.1 Å². The molecule has 0 spiro atoms. The number of nitrogens with zero attached hydrogens (tertiary/aromatic N) is 1. The summed E-state index contributed by atoms with van der Waals surface area (Å²) in [6.45, 7) is 1.02. The quantitative estimate of drug-likeness (QED) is 0.858. The fourth-order valence-electron chi connectivity index (χ4n) is 1.37. The Morgan fingerprint density at radius 1 is 1.31 bits per heavy atom. The molecule has 1 aromatic carbocycles. The van der Waals surface area contributed by atoms with Crippen LogP contribution in [0.15, 0.2) is 35.0 Å². The molecule has 4 nitrogen and oxygen atoms in total. The van der Waals surface area contributed by atoms with Gasteiger partial charge in [-0.15, -0.1) is 0 Å². The second-order valence-corrected chi connectivity index (χ2v) is 3.73. The molecule has 0 amide bonds. The number of aromatic hydroxyl groups is 1. The van der Waals surface area contributed by atoms with Crippen molar-refractivity contribution in [2.24, 2.45) is 0 Å². The van der Waals surface area contributed by atoms with E-state index < -0.39 is 0 Å². The highest BCUT2D eigenvalue weighted by atomic mass is 35.5. The van der Waals surface area contributed by atoms with E-state index in [1.165, 1.54) is 0 Å². The third-order valence-electron chi connectivity index (χ3n) is 2.19. The highest BCUT2D eigenvalue weighted by molar-refractivity contribution is 6.31. The number of hydrogen-bond acceptors (Lipinski definition) is 4. The summed E-state index contributed by atoms with van der Waals surface area (Å²) in [5.41, 5.74) is 0.684. The van der Waals surface area contributed by atoms with Gasteiger partial charge in [0, 0.05) is 23.2 Å². The zero-order valence-corrected chi connectivity index (χ0v) is 9.24. The molecule has 0 saturated carbocycles. The Kier molecular flexibility index (Phi) is 3.44. The fraction of sp³-hybridized carbons (Fsp3) is 0.182. The predicted octanol–water partition coefficient (Wildman–Crippen LogP) is 2.32. The van der Waals surface area contributed by atoms with Gasteiger partial charge in [-0.05, 0) is 12.1 Å². The Hall–Kier alpha value is -1.52. The topological polar surface area (TPSA) is 58.3 Å². The van der Waals surface area contributed by atoms with Crippen LogP contribution in [0.25, 0.3) is 0 Å². The van der Waals surface area contributed by atoms with Crippen molar-refractivity contribution in [3.05, 3.63) is 46.8 Å². The largest absolute Gasteiger partial charge is 0.508 e. The molecule has 0 fully saturated rings. The molecule has 1 aromatic heterocycles. The highest BCUT2D eigenvalue weighted by Gasteiger charge is 2.05. The SMILES string of the molecule is Oc1cccc(Cl)c1CNCc1ccno1. The lowest BCUT2D eigenvalue weighted by molar-refractivity contribution is 0.372. The monoisotopic (exact) mass is 238 g/mol. The Labute approximate surface area is 97.8 Å². The van der Waals surface area contributed by atoms with Crippen molar-refractivity contribution in [1.29, 1.82) is 0 Å². The maximum absolute atomic E-state index is 9.59. The van der Waals surface area contributed by atoms with Gasteiger partial charge in [-0.25, -0.2) is 0 Å². The number of halogens is 1. The molecule has 16 heavy (non-hydrogen) atoms. The van der Waals surface area contributed by atoms with Gasteiger partial charge in [0.25, 0.3) is 0 Å². The Morgan fingerprint density at radius 3 is 2.88 bits per heavy atom. The second kappa shape index (κ2) is 5.01. The summed E-state index contributed by atoms with van der Waals surface area (Å²) in [7, 11) is 0. The lowest BCUT2D eigenvalue weighted by Crippen LogP contribution is -2.12. The van der Waals surface area contributed by atoms with Crippen molar-refractivity contribution in [2.75, 3.05) is 0 Å². The van der Waals surface area contributed by atoms with Crippen molar-refractivity contribution in [1.82, 2.24) is 10.5 Å². The van der Waals surface area contributed by atoms with E-state index in [0.717, 1.165) is 5.76 Å². The summed E-state index contributed by atoms with van der Waals surface area (Å²) in [6.07, 6.45) is 1.59. The molecule has 84 valence electrons. The van der Waals surface area contributed by atoms with Gasteiger partial charge >= 0.3 is 0 Å². The van der Waals surface area contributed by atoms with Gasteiger partial charge in [0.2, 0.25) is 0 Å². The molecule has 0 aliphatic rings. The number of benzene rings is 1. The minimum atomic E-state index is 0.192. The van der Waals surface area contributed by atoms with Gasteiger partial charge in [-0.3, -0.25) is 0 Å². The van der Waals surface area contributed by atoms with E-state index in [4.69, 9.17) is 16.1 Å². The van der Waals surface area contributed by atoms with Crippen molar-refractivity contribution < 1.29 is 9.63 Å². The second-order valence-electron chi connectivity index (χ2n) is 3.32. The maximum Gasteiger partial charge on any atom is 0.150 e. The molecule has 0 bridgehead atoms. The van der Waals surface area contributed by atoms with Crippen LogP contribution < -0.4 is 5.32 Å². The first-order chi connectivity index (χ1) is 7.77. The molecule has 0 aliphatic heterocycles.